The number of aryl methyl sites for hydroxylation is 1. The van der Waals surface area contributed by atoms with Crippen LogP contribution in [-0.4, -0.2) is 8.42 Å². The van der Waals surface area contributed by atoms with Crippen molar-refractivity contribution < 1.29 is 8.42 Å². The predicted molar refractivity (Wildman–Crippen MR) is 77.9 cm³/mol. The molecule has 0 aliphatic heterocycles. The molecule has 2 aromatic carbocycles. The number of hydrogen-bond acceptors (Lipinski definition) is 3. The Bertz CT molecular complexity index is 714. The van der Waals surface area contributed by atoms with E-state index < -0.39 is 10.0 Å². The van der Waals surface area contributed by atoms with Crippen LogP contribution in [0.2, 0.25) is 5.02 Å². The van der Waals surface area contributed by atoms with Crippen LogP contribution in [0.5, 0.6) is 0 Å². The maximum absolute atomic E-state index is 12.2. The van der Waals surface area contributed by atoms with Gasteiger partial charge in [-0.1, -0.05) is 23.7 Å². The van der Waals surface area contributed by atoms with E-state index in [2.05, 4.69) is 4.72 Å². The molecule has 0 aromatic heterocycles. The highest BCUT2D eigenvalue weighted by Gasteiger charge is 2.17. The van der Waals surface area contributed by atoms with Crippen LogP contribution in [0.1, 0.15) is 5.56 Å². The maximum Gasteiger partial charge on any atom is 0.263 e. The fraction of sp³-hybridized carbons (Fsp3) is 0.0769. The summed E-state index contributed by atoms with van der Waals surface area (Å²) < 4.78 is 26.9. The molecule has 0 saturated carbocycles. The topological polar surface area (TPSA) is 72.2 Å². The minimum absolute atomic E-state index is 0.0538. The van der Waals surface area contributed by atoms with Crippen LogP contribution in [0.4, 0.5) is 11.4 Å². The zero-order chi connectivity index (χ0) is 14.0. The summed E-state index contributed by atoms with van der Waals surface area (Å²) in [6, 6.07) is 11.3. The number of hydrogen-bond donors (Lipinski definition) is 2. The molecule has 0 amide bonds. The van der Waals surface area contributed by atoms with E-state index in [1.807, 2.05) is 6.92 Å². The Kier molecular flexibility index (Phi) is 3.68. The Morgan fingerprint density at radius 3 is 2.53 bits per heavy atom. The fourth-order valence-corrected chi connectivity index (χ4v) is 3.03. The van der Waals surface area contributed by atoms with E-state index in [1.165, 1.54) is 12.1 Å². The lowest BCUT2D eigenvalue weighted by atomic mass is 10.2. The summed E-state index contributed by atoms with van der Waals surface area (Å²) >= 11 is 5.81. The lowest BCUT2D eigenvalue weighted by Crippen LogP contribution is -2.14. The first-order valence-electron chi connectivity index (χ1n) is 5.53. The molecule has 2 aromatic rings. The summed E-state index contributed by atoms with van der Waals surface area (Å²) in [7, 11) is -3.71. The molecule has 100 valence electrons. The summed E-state index contributed by atoms with van der Waals surface area (Å²) in [6.07, 6.45) is 0. The van der Waals surface area contributed by atoms with Crippen LogP contribution in [0.25, 0.3) is 0 Å². The largest absolute Gasteiger partial charge is 0.398 e. The second-order valence-corrected chi connectivity index (χ2v) is 6.24. The van der Waals surface area contributed by atoms with Crippen molar-refractivity contribution in [3.63, 3.8) is 0 Å². The van der Waals surface area contributed by atoms with Gasteiger partial charge in [-0.2, -0.15) is 0 Å². The molecule has 3 N–H and O–H groups in total. The summed E-state index contributed by atoms with van der Waals surface area (Å²) in [6.45, 7) is 1.84. The molecule has 0 spiro atoms. The number of nitrogens with two attached hydrogens (primary N) is 1. The average Bonchev–Trinajstić information content (AvgIpc) is 2.27. The fourth-order valence-electron chi connectivity index (χ4n) is 1.67. The minimum atomic E-state index is -3.71. The first-order valence-corrected chi connectivity index (χ1v) is 7.39. The highest BCUT2D eigenvalue weighted by atomic mass is 35.5. The van der Waals surface area contributed by atoms with Crippen LogP contribution < -0.4 is 10.5 Å². The molecular weight excluding hydrogens is 284 g/mol. The predicted octanol–water partition coefficient (Wildman–Crippen LogP) is 3.03. The minimum Gasteiger partial charge on any atom is -0.398 e. The third-order valence-electron chi connectivity index (χ3n) is 2.53. The number of rotatable bonds is 3. The van der Waals surface area contributed by atoms with Gasteiger partial charge in [0, 0.05) is 5.02 Å². The Morgan fingerprint density at radius 2 is 1.89 bits per heavy atom. The summed E-state index contributed by atoms with van der Waals surface area (Å²) in [5, 5.41) is 0.456. The molecule has 2 rings (SSSR count). The molecule has 0 heterocycles. The van der Waals surface area contributed by atoms with E-state index >= 15 is 0 Å². The van der Waals surface area contributed by atoms with Gasteiger partial charge in [0.15, 0.2) is 0 Å². The number of anilines is 2. The Hall–Kier alpha value is -1.72. The number of nitrogen functional groups attached to an aromatic ring is 1. The Morgan fingerprint density at radius 1 is 1.16 bits per heavy atom. The molecule has 0 unspecified atom stereocenters. The van der Waals surface area contributed by atoms with Gasteiger partial charge in [0.2, 0.25) is 0 Å². The van der Waals surface area contributed by atoms with Crippen LogP contribution in [-0.2, 0) is 10.0 Å². The third-order valence-corrected chi connectivity index (χ3v) is 4.22. The van der Waals surface area contributed by atoms with Crippen molar-refractivity contribution in [3.8, 4) is 0 Å². The number of sulfonamides is 1. The van der Waals surface area contributed by atoms with Gasteiger partial charge >= 0.3 is 0 Å². The summed E-state index contributed by atoms with van der Waals surface area (Å²) in [5.74, 6) is 0. The number of halogens is 1. The summed E-state index contributed by atoms with van der Waals surface area (Å²) in [5.41, 5.74) is 7.26. The van der Waals surface area contributed by atoms with Crippen LogP contribution in [0.15, 0.2) is 47.4 Å². The molecule has 0 atom stereocenters. The molecule has 6 heteroatoms. The molecule has 4 nitrogen and oxygen atoms in total. The molecule has 0 bridgehead atoms. The highest BCUT2D eigenvalue weighted by Crippen LogP contribution is 2.23. The number of nitrogens with one attached hydrogen (secondary N) is 1. The zero-order valence-corrected chi connectivity index (χ0v) is 11.8. The van der Waals surface area contributed by atoms with E-state index in [0.29, 0.717) is 10.7 Å². The second-order valence-electron chi connectivity index (χ2n) is 4.16. The van der Waals surface area contributed by atoms with E-state index in [-0.39, 0.29) is 10.6 Å². The first-order chi connectivity index (χ1) is 8.88. The second kappa shape index (κ2) is 5.11. The van der Waals surface area contributed by atoms with Crippen LogP contribution >= 0.6 is 11.6 Å². The van der Waals surface area contributed by atoms with E-state index in [9.17, 15) is 8.42 Å². The molecule has 0 saturated heterocycles. The average molecular weight is 297 g/mol. The quantitative estimate of drug-likeness (QED) is 0.855. The molecular formula is C13H13ClN2O2S. The zero-order valence-electron chi connectivity index (χ0n) is 10.2. The lowest BCUT2D eigenvalue weighted by Gasteiger charge is -2.10. The van der Waals surface area contributed by atoms with Gasteiger partial charge in [0.25, 0.3) is 10.0 Å². The molecule has 0 aliphatic carbocycles. The number of benzene rings is 2. The SMILES string of the molecule is Cc1ccc(S(=O)(=O)Nc2cccc(Cl)c2)c(N)c1. The monoisotopic (exact) mass is 296 g/mol. The van der Waals surface area contributed by atoms with Gasteiger partial charge in [-0.15, -0.1) is 0 Å². The van der Waals surface area contributed by atoms with Crippen molar-refractivity contribution >= 4 is 33.0 Å². The highest BCUT2D eigenvalue weighted by molar-refractivity contribution is 7.92. The molecule has 0 aliphatic rings. The van der Waals surface area contributed by atoms with Crippen molar-refractivity contribution in [2.45, 2.75) is 11.8 Å². The summed E-state index contributed by atoms with van der Waals surface area (Å²) in [4.78, 5) is 0.0538. The van der Waals surface area contributed by atoms with E-state index in [0.717, 1.165) is 5.56 Å². The van der Waals surface area contributed by atoms with E-state index in [4.69, 9.17) is 17.3 Å². The lowest BCUT2D eigenvalue weighted by molar-refractivity contribution is 0.601. The molecule has 19 heavy (non-hydrogen) atoms. The van der Waals surface area contributed by atoms with Gasteiger partial charge in [-0.25, -0.2) is 8.42 Å². The molecule has 0 fully saturated rings. The van der Waals surface area contributed by atoms with Gasteiger partial charge in [-0.3, -0.25) is 4.72 Å². The third kappa shape index (κ3) is 3.19. The van der Waals surface area contributed by atoms with Crippen molar-refractivity contribution in [2.75, 3.05) is 10.5 Å². The first kappa shape index (κ1) is 13.7. The van der Waals surface area contributed by atoms with E-state index in [1.54, 1.807) is 30.3 Å². The Balaban J connectivity index is 2.38. The van der Waals surface area contributed by atoms with Crippen LogP contribution in [0, 0.1) is 6.92 Å². The smallest absolute Gasteiger partial charge is 0.263 e. The van der Waals surface area contributed by atoms with Crippen molar-refractivity contribution in [1.82, 2.24) is 0 Å². The van der Waals surface area contributed by atoms with Gasteiger partial charge < -0.3 is 5.73 Å². The standard InChI is InChI=1S/C13H13ClN2O2S/c1-9-5-6-13(12(15)7-9)19(17,18)16-11-4-2-3-10(14)8-11/h2-8,16H,15H2,1H3. The Labute approximate surface area is 117 Å². The maximum atomic E-state index is 12.2. The van der Waals surface area contributed by atoms with Crippen molar-refractivity contribution in [1.29, 1.82) is 0 Å². The van der Waals surface area contributed by atoms with Gasteiger partial charge in [0.05, 0.1) is 11.4 Å². The normalized spacial score (nSPS) is 11.3. The van der Waals surface area contributed by atoms with Crippen LogP contribution in [0.3, 0.4) is 0 Å². The molecule has 0 radical (unpaired) electrons. The van der Waals surface area contributed by atoms with Crippen molar-refractivity contribution in [3.05, 3.63) is 53.1 Å². The van der Waals surface area contributed by atoms with Gasteiger partial charge in [0.1, 0.15) is 4.90 Å². The van der Waals surface area contributed by atoms with Gasteiger partial charge in [-0.05, 0) is 42.8 Å². The van der Waals surface area contributed by atoms with Crippen molar-refractivity contribution in [2.24, 2.45) is 0 Å².